The Morgan fingerprint density at radius 3 is 2.25 bits per heavy atom. The van der Waals surface area contributed by atoms with Gasteiger partial charge in [0.25, 0.3) is 0 Å². The molecule has 0 radical (unpaired) electrons. The van der Waals surface area contributed by atoms with Crippen LogP contribution in [0.3, 0.4) is 0 Å². The summed E-state index contributed by atoms with van der Waals surface area (Å²) in [5.41, 5.74) is 6.18. The maximum atomic E-state index is 12.9. The smallest absolute Gasteiger partial charge is 0.220 e. The first-order valence-electron chi connectivity index (χ1n) is 6.15. The highest BCUT2D eigenvalue weighted by atomic mass is 32.2. The van der Waals surface area contributed by atoms with Crippen LogP contribution in [0.25, 0.3) is 0 Å². The largest absolute Gasteiger partial charge is 0.392 e. The first-order chi connectivity index (χ1) is 9.38. The number of hydrogen-bond donors (Lipinski definition) is 1. The van der Waals surface area contributed by atoms with Crippen LogP contribution in [0.1, 0.15) is 0 Å². The maximum Gasteiger partial charge on any atom is 0.220 e. The molecule has 1 saturated heterocycles. The van der Waals surface area contributed by atoms with Crippen molar-refractivity contribution in [3.63, 3.8) is 0 Å². The van der Waals surface area contributed by atoms with Crippen LogP contribution < -0.4 is 10.6 Å². The molecular formula is C12H16FN3O2S2. The lowest BCUT2D eigenvalue weighted by Crippen LogP contribution is -2.50. The maximum absolute atomic E-state index is 12.9. The molecule has 0 aliphatic carbocycles. The number of nitrogens with zero attached hydrogens (tertiary/aromatic N) is 2. The topological polar surface area (TPSA) is 66.6 Å². The summed E-state index contributed by atoms with van der Waals surface area (Å²) in [6, 6.07) is 6.17. The van der Waals surface area contributed by atoms with Gasteiger partial charge in [0.1, 0.15) is 11.6 Å². The average molecular weight is 317 g/mol. The normalized spacial score (nSPS) is 17.1. The van der Waals surface area contributed by atoms with E-state index in [0.29, 0.717) is 26.2 Å². The molecule has 0 spiro atoms. The lowest BCUT2D eigenvalue weighted by Gasteiger charge is -2.35. The third-order valence-corrected chi connectivity index (χ3v) is 5.30. The monoisotopic (exact) mass is 317 g/mol. The van der Waals surface area contributed by atoms with Crippen molar-refractivity contribution in [2.75, 3.05) is 36.8 Å². The van der Waals surface area contributed by atoms with Gasteiger partial charge < -0.3 is 10.6 Å². The Bertz CT molecular complexity index is 581. The fourth-order valence-electron chi connectivity index (χ4n) is 2.15. The van der Waals surface area contributed by atoms with Gasteiger partial charge >= 0.3 is 0 Å². The van der Waals surface area contributed by atoms with Crippen molar-refractivity contribution in [1.29, 1.82) is 0 Å². The van der Waals surface area contributed by atoms with Crippen molar-refractivity contribution < 1.29 is 12.8 Å². The molecule has 1 aromatic rings. The molecule has 0 saturated carbocycles. The first-order valence-corrected chi connectivity index (χ1v) is 8.17. The number of piperazine rings is 1. The molecule has 0 atom stereocenters. The fourth-order valence-corrected chi connectivity index (χ4v) is 3.86. The van der Waals surface area contributed by atoms with Crippen LogP contribution in [0.2, 0.25) is 0 Å². The van der Waals surface area contributed by atoms with E-state index in [-0.39, 0.29) is 16.6 Å². The number of anilines is 1. The van der Waals surface area contributed by atoms with Crippen molar-refractivity contribution in [2.24, 2.45) is 5.73 Å². The Labute approximate surface area is 123 Å². The summed E-state index contributed by atoms with van der Waals surface area (Å²) in [7, 11) is -3.41. The summed E-state index contributed by atoms with van der Waals surface area (Å²) >= 11 is 4.65. The molecule has 20 heavy (non-hydrogen) atoms. The molecule has 0 unspecified atom stereocenters. The third kappa shape index (κ3) is 3.65. The SMILES string of the molecule is NC(=S)CS(=O)(=O)N1CCN(c2ccc(F)cc2)CC1. The minimum absolute atomic E-state index is 0.0223. The molecule has 1 aliphatic rings. The van der Waals surface area contributed by atoms with E-state index < -0.39 is 10.0 Å². The number of rotatable bonds is 4. The van der Waals surface area contributed by atoms with E-state index in [0.717, 1.165) is 5.69 Å². The molecule has 5 nitrogen and oxygen atoms in total. The predicted octanol–water partition coefficient (Wildman–Crippen LogP) is 0.564. The minimum atomic E-state index is -3.41. The Balaban J connectivity index is 1.99. The van der Waals surface area contributed by atoms with Gasteiger partial charge in [0.2, 0.25) is 10.0 Å². The van der Waals surface area contributed by atoms with Crippen LogP contribution in [0.4, 0.5) is 10.1 Å². The quantitative estimate of drug-likeness (QED) is 0.822. The Kier molecular flexibility index (Phi) is 4.56. The molecule has 2 N–H and O–H groups in total. The van der Waals surface area contributed by atoms with E-state index in [1.165, 1.54) is 16.4 Å². The lowest BCUT2D eigenvalue weighted by molar-refractivity contribution is 0.387. The molecule has 1 aromatic carbocycles. The summed E-state index contributed by atoms with van der Waals surface area (Å²) in [6.45, 7) is 1.87. The van der Waals surface area contributed by atoms with Crippen LogP contribution >= 0.6 is 12.2 Å². The third-order valence-electron chi connectivity index (χ3n) is 3.15. The first kappa shape index (κ1) is 15.1. The van der Waals surface area contributed by atoms with Gasteiger partial charge in [-0.2, -0.15) is 4.31 Å². The van der Waals surface area contributed by atoms with E-state index in [1.54, 1.807) is 12.1 Å². The minimum Gasteiger partial charge on any atom is -0.392 e. The molecule has 1 heterocycles. The molecule has 2 rings (SSSR count). The van der Waals surface area contributed by atoms with Crippen LogP contribution in [-0.2, 0) is 10.0 Å². The number of thiocarbonyl (C=S) groups is 1. The standard InChI is InChI=1S/C12H16FN3O2S2/c13-10-1-3-11(4-2-10)15-5-7-16(8-6-15)20(17,18)9-12(14)19/h1-4H,5-9H2,(H2,14,19). The van der Waals surface area contributed by atoms with Gasteiger partial charge in [-0.15, -0.1) is 0 Å². The number of halogens is 1. The number of sulfonamides is 1. The molecule has 0 aromatic heterocycles. The highest BCUT2D eigenvalue weighted by Gasteiger charge is 2.27. The van der Waals surface area contributed by atoms with E-state index in [9.17, 15) is 12.8 Å². The van der Waals surface area contributed by atoms with Crippen molar-refractivity contribution in [1.82, 2.24) is 4.31 Å². The zero-order valence-electron chi connectivity index (χ0n) is 10.8. The zero-order valence-corrected chi connectivity index (χ0v) is 12.5. The van der Waals surface area contributed by atoms with Gasteiger partial charge in [0.15, 0.2) is 0 Å². The second-order valence-electron chi connectivity index (χ2n) is 4.59. The molecule has 0 amide bonds. The van der Waals surface area contributed by atoms with Gasteiger partial charge in [0.05, 0.1) is 4.99 Å². The molecular weight excluding hydrogens is 301 g/mol. The second kappa shape index (κ2) is 6.02. The van der Waals surface area contributed by atoms with Gasteiger partial charge in [-0.3, -0.25) is 0 Å². The van der Waals surface area contributed by atoms with E-state index in [4.69, 9.17) is 5.73 Å². The number of nitrogens with two attached hydrogens (primary N) is 1. The Morgan fingerprint density at radius 1 is 1.20 bits per heavy atom. The van der Waals surface area contributed by atoms with Crippen LogP contribution in [0.5, 0.6) is 0 Å². The van der Waals surface area contributed by atoms with E-state index in [2.05, 4.69) is 12.2 Å². The fraction of sp³-hybridized carbons (Fsp3) is 0.417. The molecule has 8 heteroatoms. The molecule has 1 fully saturated rings. The van der Waals surface area contributed by atoms with E-state index in [1.807, 2.05) is 4.90 Å². The molecule has 110 valence electrons. The van der Waals surface area contributed by atoms with Crippen molar-refractivity contribution in [3.05, 3.63) is 30.1 Å². The van der Waals surface area contributed by atoms with Crippen molar-refractivity contribution >= 4 is 32.9 Å². The van der Waals surface area contributed by atoms with Gasteiger partial charge in [0, 0.05) is 31.9 Å². The number of benzene rings is 1. The van der Waals surface area contributed by atoms with Crippen molar-refractivity contribution in [2.45, 2.75) is 0 Å². The summed E-state index contributed by atoms with van der Waals surface area (Å²) < 4.78 is 38.2. The average Bonchev–Trinajstić information content (AvgIpc) is 2.38. The van der Waals surface area contributed by atoms with Gasteiger partial charge in [-0.1, -0.05) is 12.2 Å². The van der Waals surface area contributed by atoms with Gasteiger partial charge in [-0.05, 0) is 24.3 Å². The summed E-state index contributed by atoms with van der Waals surface area (Å²) in [4.78, 5) is 2.00. The Hall–Kier alpha value is -1.25. The summed E-state index contributed by atoms with van der Waals surface area (Å²) in [5.74, 6) is -0.578. The molecule has 0 bridgehead atoms. The summed E-state index contributed by atoms with van der Waals surface area (Å²) in [6.07, 6.45) is 0. The molecule has 1 aliphatic heterocycles. The van der Waals surface area contributed by atoms with E-state index >= 15 is 0 Å². The van der Waals surface area contributed by atoms with Crippen LogP contribution in [0.15, 0.2) is 24.3 Å². The van der Waals surface area contributed by atoms with Gasteiger partial charge in [-0.25, -0.2) is 12.8 Å². The highest BCUT2D eigenvalue weighted by Crippen LogP contribution is 2.18. The number of hydrogen-bond acceptors (Lipinski definition) is 4. The lowest BCUT2D eigenvalue weighted by atomic mass is 10.2. The predicted molar refractivity (Wildman–Crippen MR) is 80.8 cm³/mol. The zero-order chi connectivity index (χ0) is 14.8. The second-order valence-corrected chi connectivity index (χ2v) is 7.08. The Morgan fingerprint density at radius 2 is 1.75 bits per heavy atom. The highest BCUT2D eigenvalue weighted by molar-refractivity contribution is 7.92. The van der Waals surface area contributed by atoms with Crippen molar-refractivity contribution in [3.8, 4) is 0 Å². The van der Waals surface area contributed by atoms with Crippen LogP contribution in [0, 0.1) is 5.82 Å². The summed E-state index contributed by atoms with van der Waals surface area (Å²) in [5, 5.41) is 0. The van der Waals surface area contributed by atoms with Crippen LogP contribution in [-0.4, -0.2) is 49.6 Å².